The van der Waals surface area contributed by atoms with Crippen LogP contribution in [-0.2, 0) is 9.59 Å². The van der Waals surface area contributed by atoms with Crippen molar-refractivity contribution in [2.45, 2.75) is 13.8 Å². The molecule has 0 spiro atoms. The van der Waals surface area contributed by atoms with Crippen LogP contribution in [0.4, 0.5) is 11.4 Å². The summed E-state index contributed by atoms with van der Waals surface area (Å²) in [5.74, 6) is -0.551. The molecule has 0 bridgehead atoms. The predicted molar refractivity (Wildman–Crippen MR) is 120 cm³/mol. The maximum absolute atomic E-state index is 13.1. The molecule has 162 valence electrons. The van der Waals surface area contributed by atoms with Gasteiger partial charge in [-0.1, -0.05) is 24.3 Å². The molecule has 1 saturated heterocycles. The zero-order valence-electron chi connectivity index (χ0n) is 18.3. The number of carbonyl (C=O) groups is 3. The lowest BCUT2D eigenvalue weighted by atomic mass is 10.1. The molecule has 2 aliphatic heterocycles. The summed E-state index contributed by atoms with van der Waals surface area (Å²) in [6.07, 6.45) is 0. The third kappa shape index (κ3) is 4.00. The number of para-hydroxylation sites is 1. The van der Waals surface area contributed by atoms with Gasteiger partial charge in [-0.15, -0.1) is 0 Å². The molecule has 2 aromatic carbocycles. The second kappa shape index (κ2) is 8.41. The largest absolute Gasteiger partial charge is 0.368 e. The highest BCUT2D eigenvalue weighted by molar-refractivity contribution is 6.11. The number of fused-ring (bicyclic) bond motifs is 1. The Balaban J connectivity index is 1.46. The van der Waals surface area contributed by atoms with E-state index in [1.807, 2.05) is 4.90 Å². The first-order valence-corrected chi connectivity index (χ1v) is 10.6. The monoisotopic (exact) mass is 420 g/mol. The van der Waals surface area contributed by atoms with Crippen LogP contribution in [-0.4, -0.2) is 73.8 Å². The van der Waals surface area contributed by atoms with E-state index < -0.39 is 0 Å². The predicted octanol–water partition coefficient (Wildman–Crippen LogP) is 2.07. The number of hydrogen-bond donors (Lipinski definition) is 0. The average Bonchev–Trinajstić information content (AvgIpc) is 2.86. The summed E-state index contributed by atoms with van der Waals surface area (Å²) in [6, 6.07) is 13.3. The number of anilines is 2. The Morgan fingerprint density at radius 2 is 1.58 bits per heavy atom. The molecule has 0 aromatic heterocycles. The minimum atomic E-state index is -0.247. The Kier molecular flexibility index (Phi) is 5.67. The highest BCUT2D eigenvalue weighted by atomic mass is 16.2. The van der Waals surface area contributed by atoms with Crippen molar-refractivity contribution in [1.82, 2.24) is 9.80 Å². The molecule has 0 radical (unpaired) electrons. The molecule has 0 saturated carbocycles. The molecule has 0 unspecified atom stereocenters. The number of carbonyl (C=O) groups excluding carboxylic acids is 3. The fourth-order valence-corrected chi connectivity index (χ4v) is 4.27. The van der Waals surface area contributed by atoms with Gasteiger partial charge in [-0.05, 0) is 43.2 Å². The Hall–Kier alpha value is -3.35. The fraction of sp³-hybridized carbons (Fsp3) is 0.375. The molecule has 1 fully saturated rings. The van der Waals surface area contributed by atoms with Crippen molar-refractivity contribution in [2.24, 2.45) is 0 Å². The average molecular weight is 421 g/mol. The fourth-order valence-electron chi connectivity index (χ4n) is 4.27. The first kappa shape index (κ1) is 20.9. The van der Waals surface area contributed by atoms with Gasteiger partial charge in [0.25, 0.3) is 5.91 Å². The Bertz CT molecular complexity index is 1030. The van der Waals surface area contributed by atoms with E-state index >= 15 is 0 Å². The molecule has 0 N–H and O–H groups in total. The maximum atomic E-state index is 13.1. The van der Waals surface area contributed by atoms with E-state index in [0.717, 1.165) is 13.1 Å². The lowest BCUT2D eigenvalue weighted by molar-refractivity contribution is -0.131. The van der Waals surface area contributed by atoms with E-state index in [2.05, 4.69) is 36.9 Å². The van der Waals surface area contributed by atoms with Gasteiger partial charge in [-0.3, -0.25) is 14.4 Å². The lowest BCUT2D eigenvalue weighted by Crippen LogP contribution is -2.52. The van der Waals surface area contributed by atoms with E-state index in [9.17, 15) is 14.4 Å². The van der Waals surface area contributed by atoms with Gasteiger partial charge in [0.05, 0.1) is 11.3 Å². The minimum absolute atomic E-state index is 0.0405. The smallest absolute Gasteiger partial charge is 0.256 e. The molecule has 0 atom stereocenters. The van der Waals surface area contributed by atoms with Crippen LogP contribution in [0.15, 0.2) is 42.5 Å². The number of amides is 3. The molecular formula is C24H28N4O3. The van der Waals surface area contributed by atoms with Crippen LogP contribution < -0.4 is 9.80 Å². The molecule has 2 aromatic rings. The van der Waals surface area contributed by atoms with Crippen molar-refractivity contribution in [3.8, 4) is 0 Å². The van der Waals surface area contributed by atoms with Gasteiger partial charge in [0.15, 0.2) is 0 Å². The second-order valence-corrected chi connectivity index (χ2v) is 8.25. The number of nitrogens with zero attached hydrogens (tertiary/aromatic N) is 4. The highest BCUT2D eigenvalue weighted by Gasteiger charge is 2.32. The zero-order chi connectivity index (χ0) is 22.1. The van der Waals surface area contributed by atoms with Crippen LogP contribution in [0.5, 0.6) is 0 Å². The summed E-state index contributed by atoms with van der Waals surface area (Å²) in [5.41, 5.74) is 4.69. The summed E-state index contributed by atoms with van der Waals surface area (Å²) in [6.45, 7) is 6.86. The maximum Gasteiger partial charge on any atom is 0.256 e. The first-order valence-electron chi connectivity index (χ1n) is 10.6. The Morgan fingerprint density at radius 1 is 0.903 bits per heavy atom. The van der Waals surface area contributed by atoms with Crippen molar-refractivity contribution < 1.29 is 14.4 Å². The van der Waals surface area contributed by atoms with E-state index in [-0.39, 0.29) is 30.8 Å². The molecule has 7 heteroatoms. The summed E-state index contributed by atoms with van der Waals surface area (Å²) in [5, 5.41) is 0. The van der Waals surface area contributed by atoms with Gasteiger partial charge >= 0.3 is 0 Å². The first-order chi connectivity index (χ1) is 14.9. The van der Waals surface area contributed by atoms with Crippen molar-refractivity contribution in [2.75, 3.05) is 56.1 Å². The molecule has 7 nitrogen and oxygen atoms in total. The van der Waals surface area contributed by atoms with E-state index in [4.69, 9.17) is 0 Å². The van der Waals surface area contributed by atoms with Gasteiger partial charge in [0, 0.05) is 38.9 Å². The third-order valence-corrected chi connectivity index (χ3v) is 6.29. The number of aryl methyl sites for hydroxylation is 1. The van der Waals surface area contributed by atoms with Crippen molar-refractivity contribution in [3.63, 3.8) is 0 Å². The van der Waals surface area contributed by atoms with Gasteiger partial charge in [-0.2, -0.15) is 0 Å². The SMILES string of the molecule is Cc1cccc(N2CCN(C(=O)CN3C(=O)CN(C)C(=O)c4ccccc43)CC2)c1C. The van der Waals surface area contributed by atoms with Crippen molar-refractivity contribution >= 4 is 29.1 Å². The third-order valence-electron chi connectivity index (χ3n) is 6.29. The van der Waals surface area contributed by atoms with Crippen LogP contribution in [0.25, 0.3) is 0 Å². The van der Waals surface area contributed by atoms with Crippen molar-refractivity contribution in [1.29, 1.82) is 0 Å². The lowest BCUT2D eigenvalue weighted by Gasteiger charge is -2.37. The van der Waals surface area contributed by atoms with Crippen LogP contribution in [0.3, 0.4) is 0 Å². The summed E-state index contributed by atoms with van der Waals surface area (Å²) < 4.78 is 0. The van der Waals surface area contributed by atoms with Crippen LogP contribution in [0.1, 0.15) is 21.5 Å². The molecule has 4 rings (SSSR count). The topological polar surface area (TPSA) is 64.2 Å². The van der Waals surface area contributed by atoms with E-state index in [0.29, 0.717) is 24.3 Å². The Morgan fingerprint density at radius 3 is 2.32 bits per heavy atom. The van der Waals surface area contributed by atoms with Gasteiger partial charge < -0.3 is 19.6 Å². The number of benzene rings is 2. The zero-order valence-corrected chi connectivity index (χ0v) is 18.3. The molecule has 2 aliphatic rings. The van der Waals surface area contributed by atoms with Crippen LogP contribution in [0, 0.1) is 13.8 Å². The molecule has 0 aliphatic carbocycles. The number of piperazine rings is 1. The number of likely N-dealkylation sites (N-methyl/N-ethyl adjacent to an activating group) is 1. The normalized spacial score (nSPS) is 17.0. The highest BCUT2D eigenvalue weighted by Crippen LogP contribution is 2.26. The minimum Gasteiger partial charge on any atom is -0.368 e. The standard InChI is InChI=1S/C24H28N4O3/c1-17-7-6-10-20(18(17)2)26-11-13-27(14-12-26)22(29)16-28-21-9-5-4-8-19(21)24(31)25(3)15-23(28)30/h4-10H,11-16H2,1-3H3. The van der Waals surface area contributed by atoms with E-state index in [1.54, 1.807) is 31.3 Å². The molecule has 31 heavy (non-hydrogen) atoms. The van der Waals surface area contributed by atoms with Gasteiger partial charge in [0.1, 0.15) is 13.1 Å². The van der Waals surface area contributed by atoms with Gasteiger partial charge in [0.2, 0.25) is 11.8 Å². The Labute approximate surface area is 182 Å². The number of hydrogen-bond acceptors (Lipinski definition) is 4. The van der Waals surface area contributed by atoms with Crippen LogP contribution >= 0.6 is 0 Å². The van der Waals surface area contributed by atoms with Crippen LogP contribution in [0.2, 0.25) is 0 Å². The number of rotatable bonds is 3. The van der Waals surface area contributed by atoms with Gasteiger partial charge in [-0.25, -0.2) is 0 Å². The molecule has 2 heterocycles. The second-order valence-electron chi connectivity index (χ2n) is 8.25. The molecular weight excluding hydrogens is 392 g/mol. The summed E-state index contributed by atoms with van der Waals surface area (Å²) >= 11 is 0. The summed E-state index contributed by atoms with van der Waals surface area (Å²) in [4.78, 5) is 45.4. The summed E-state index contributed by atoms with van der Waals surface area (Å²) in [7, 11) is 1.61. The van der Waals surface area contributed by atoms with E-state index in [1.165, 1.54) is 26.6 Å². The quantitative estimate of drug-likeness (QED) is 0.763. The molecule has 3 amide bonds. The van der Waals surface area contributed by atoms with Crippen molar-refractivity contribution in [3.05, 3.63) is 59.2 Å².